The molecule has 1 fully saturated rings. The number of piperidine rings is 1. The van der Waals surface area contributed by atoms with Crippen molar-refractivity contribution in [3.05, 3.63) is 33.8 Å². The molecule has 0 bridgehead atoms. The summed E-state index contributed by atoms with van der Waals surface area (Å²) < 4.78 is 0. The molecule has 21 heavy (non-hydrogen) atoms. The highest BCUT2D eigenvalue weighted by Gasteiger charge is 2.31. The number of benzene rings is 1. The van der Waals surface area contributed by atoms with E-state index in [4.69, 9.17) is 23.2 Å². The molecule has 0 saturated carbocycles. The van der Waals surface area contributed by atoms with Crippen LogP contribution in [0.5, 0.6) is 0 Å². The SMILES string of the molecule is CCNC1CCN(CCc2ccc(Cl)cc2Cl)C(C)C1C. The third-order valence-electron chi connectivity index (χ3n) is 4.85. The minimum Gasteiger partial charge on any atom is -0.314 e. The quantitative estimate of drug-likeness (QED) is 0.869. The second-order valence-corrected chi connectivity index (χ2v) is 6.92. The molecule has 1 aliphatic heterocycles. The van der Waals surface area contributed by atoms with Crippen LogP contribution in [-0.2, 0) is 6.42 Å². The second kappa shape index (κ2) is 7.82. The van der Waals surface area contributed by atoms with E-state index < -0.39 is 0 Å². The Hall–Kier alpha value is -0.280. The van der Waals surface area contributed by atoms with Crippen molar-refractivity contribution in [3.8, 4) is 0 Å². The summed E-state index contributed by atoms with van der Waals surface area (Å²) in [6, 6.07) is 7.06. The highest BCUT2D eigenvalue weighted by molar-refractivity contribution is 6.35. The predicted octanol–water partition coefficient (Wildman–Crippen LogP) is 4.24. The van der Waals surface area contributed by atoms with Crippen LogP contribution in [0, 0.1) is 5.92 Å². The summed E-state index contributed by atoms with van der Waals surface area (Å²) in [5.41, 5.74) is 1.19. The second-order valence-electron chi connectivity index (χ2n) is 6.07. The topological polar surface area (TPSA) is 15.3 Å². The van der Waals surface area contributed by atoms with E-state index in [-0.39, 0.29) is 0 Å². The molecule has 1 aliphatic rings. The predicted molar refractivity (Wildman–Crippen MR) is 92.4 cm³/mol. The molecule has 0 spiro atoms. The maximum Gasteiger partial charge on any atom is 0.0453 e. The number of likely N-dealkylation sites (tertiary alicyclic amines) is 1. The van der Waals surface area contributed by atoms with Crippen molar-refractivity contribution in [1.29, 1.82) is 0 Å². The maximum atomic E-state index is 6.26. The highest BCUT2D eigenvalue weighted by Crippen LogP contribution is 2.25. The molecular weight excluding hydrogens is 303 g/mol. The van der Waals surface area contributed by atoms with E-state index >= 15 is 0 Å². The summed E-state index contributed by atoms with van der Waals surface area (Å²) in [5, 5.41) is 5.10. The van der Waals surface area contributed by atoms with Crippen molar-refractivity contribution in [2.24, 2.45) is 5.92 Å². The first-order valence-corrected chi connectivity index (χ1v) is 8.70. The van der Waals surface area contributed by atoms with Gasteiger partial charge in [0.15, 0.2) is 0 Å². The molecule has 3 atom stereocenters. The zero-order valence-electron chi connectivity index (χ0n) is 13.2. The van der Waals surface area contributed by atoms with Gasteiger partial charge in [0.05, 0.1) is 0 Å². The van der Waals surface area contributed by atoms with Crippen LogP contribution in [0.4, 0.5) is 0 Å². The Morgan fingerprint density at radius 2 is 2.05 bits per heavy atom. The Balaban J connectivity index is 1.92. The fourth-order valence-corrected chi connectivity index (χ4v) is 3.80. The minimum absolute atomic E-state index is 0.605. The molecule has 1 aromatic carbocycles. The molecular formula is C17H26Cl2N2. The Morgan fingerprint density at radius 3 is 2.71 bits per heavy atom. The Morgan fingerprint density at radius 1 is 1.29 bits per heavy atom. The van der Waals surface area contributed by atoms with Crippen molar-refractivity contribution >= 4 is 23.2 Å². The van der Waals surface area contributed by atoms with Crippen LogP contribution in [-0.4, -0.2) is 36.6 Å². The van der Waals surface area contributed by atoms with Crippen LogP contribution < -0.4 is 5.32 Å². The lowest BCUT2D eigenvalue weighted by Gasteiger charge is -2.43. The molecule has 1 N–H and O–H groups in total. The molecule has 0 amide bonds. The molecule has 2 nitrogen and oxygen atoms in total. The smallest absolute Gasteiger partial charge is 0.0453 e. The van der Waals surface area contributed by atoms with E-state index in [0.717, 1.165) is 31.1 Å². The van der Waals surface area contributed by atoms with Gasteiger partial charge in [0, 0.05) is 28.7 Å². The zero-order valence-corrected chi connectivity index (χ0v) is 14.7. The average molecular weight is 329 g/mol. The van der Waals surface area contributed by atoms with Crippen molar-refractivity contribution < 1.29 is 0 Å². The maximum absolute atomic E-state index is 6.26. The molecule has 0 aliphatic carbocycles. The van der Waals surface area contributed by atoms with Gasteiger partial charge in [-0.2, -0.15) is 0 Å². The van der Waals surface area contributed by atoms with Crippen LogP contribution in [0.15, 0.2) is 18.2 Å². The number of nitrogens with zero attached hydrogens (tertiary/aromatic N) is 1. The van der Waals surface area contributed by atoms with Crippen LogP contribution in [0.3, 0.4) is 0 Å². The largest absolute Gasteiger partial charge is 0.314 e. The number of hydrogen-bond acceptors (Lipinski definition) is 2. The summed E-state index contributed by atoms with van der Waals surface area (Å²) in [4.78, 5) is 2.59. The third kappa shape index (κ3) is 4.35. The van der Waals surface area contributed by atoms with Gasteiger partial charge in [0.1, 0.15) is 0 Å². The van der Waals surface area contributed by atoms with E-state index in [0.29, 0.717) is 23.0 Å². The molecule has 0 radical (unpaired) electrons. The van der Waals surface area contributed by atoms with Gasteiger partial charge in [-0.25, -0.2) is 0 Å². The summed E-state index contributed by atoms with van der Waals surface area (Å²) in [5.74, 6) is 0.680. The van der Waals surface area contributed by atoms with Crippen molar-refractivity contribution in [2.45, 2.75) is 45.7 Å². The van der Waals surface area contributed by atoms with Crippen LogP contribution in [0.2, 0.25) is 10.0 Å². The number of halogens is 2. The lowest BCUT2D eigenvalue weighted by atomic mass is 9.86. The molecule has 118 valence electrons. The normalized spacial score (nSPS) is 27.0. The fourth-order valence-electron chi connectivity index (χ4n) is 3.29. The van der Waals surface area contributed by atoms with Gasteiger partial charge in [0.25, 0.3) is 0 Å². The number of nitrogens with one attached hydrogen (secondary N) is 1. The van der Waals surface area contributed by atoms with Crippen LogP contribution in [0.25, 0.3) is 0 Å². The number of rotatable bonds is 5. The third-order valence-corrected chi connectivity index (χ3v) is 5.44. The molecule has 1 aromatic rings. The van der Waals surface area contributed by atoms with Gasteiger partial charge in [0.2, 0.25) is 0 Å². The van der Waals surface area contributed by atoms with Gasteiger partial charge < -0.3 is 5.32 Å². The molecule has 1 heterocycles. The van der Waals surface area contributed by atoms with Gasteiger partial charge in [-0.1, -0.05) is 43.1 Å². The molecule has 1 saturated heterocycles. The molecule has 4 heteroatoms. The Kier molecular flexibility index (Phi) is 6.36. The monoisotopic (exact) mass is 328 g/mol. The summed E-state index contributed by atoms with van der Waals surface area (Å²) in [7, 11) is 0. The highest BCUT2D eigenvalue weighted by atomic mass is 35.5. The lowest BCUT2D eigenvalue weighted by molar-refractivity contribution is 0.0867. The first-order valence-electron chi connectivity index (χ1n) is 7.94. The van der Waals surface area contributed by atoms with Crippen molar-refractivity contribution in [1.82, 2.24) is 10.2 Å². The van der Waals surface area contributed by atoms with Gasteiger partial charge in [-0.3, -0.25) is 4.90 Å². The van der Waals surface area contributed by atoms with Gasteiger partial charge >= 0.3 is 0 Å². The lowest BCUT2D eigenvalue weighted by Crippen LogP contribution is -2.53. The van der Waals surface area contributed by atoms with Crippen LogP contribution >= 0.6 is 23.2 Å². The number of hydrogen-bond donors (Lipinski definition) is 1. The molecule has 0 aromatic heterocycles. The van der Waals surface area contributed by atoms with E-state index in [9.17, 15) is 0 Å². The van der Waals surface area contributed by atoms with Gasteiger partial charge in [-0.15, -0.1) is 0 Å². The summed E-state index contributed by atoms with van der Waals surface area (Å²) >= 11 is 12.2. The minimum atomic E-state index is 0.605. The average Bonchev–Trinajstić information content (AvgIpc) is 2.45. The first kappa shape index (κ1) is 17.1. The summed E-state index contributed by atoms with van der Waals surface area (Å²) in [6.45, 7) is 10.2. The zero-order chi connectivity index (χ0) is 15.4. The Bertz CT molecular complexity index is 464. The first-order chi connectivity index (χ1) is 10.0. The van der Waals surface area contributed by atoms with E-state index in [1.54, 1.807) is 0 Å². The van der Waals surface area contributed by atoms with E-state index in [1.165, 1.54) is 12.0 Å². The molecule has 3 unspecified atom stereocenters. The van der Waals surface area contributed by atoms with Crippen LogP contribution in [0.1, 0.15) is 32.8 Å². The van der Waals surface area contributed by atoms with E-state index in [1.807, 2.05) is 18.2 Å². The molecule has 2 rings (SSSR count). The standard InChI is InChI=1S/C17H26Cl2N2/c1-4-20-17-8-10-21(13(3)12(17)2)9-7-14-5-6-15(18)11-16(14)19/h5-6,11-13,17,20H,4,7-10H2,1-3H3. The summed E-state index contributed by atoms with van der Waals surface area (Å²) in [6.07, 6.45) is 2.21. The van der Waals surface area contributed by atoms with Gasteiger partial charge in [-0.05, 0) is 56.5 Å². The Labute approximate surface area is 138 Å². The van der Waals surface area contributed by atoms with Crippen molar-refractivity contribution in [3.63, 3.8) is 0 Å². The fraction of sp³-hybridized carbons (Fsp3) is 0.647. The van der Waals surface area contributed by atoms with Crippen molar-refractivity contribution in [2.75, 3.05) is 19.6 Å². The van der Waals surface area contributed by atoms with E-state index in [2.05, 4.69) is 31.0 Å².